The first kappa shape index (κ1) is 18.9. The number of likely N-dealkylation sites (tertiary alicyclic amines) is 1. The Morgan fingerprint density at radius 1 is 1.45 bits per heavy atom. The number of ether oxygens (including phenoxy) is 1. The number of carbonyl (C=O) groups is 2. The van der Waals surface area contributed by atoms with E-state index < -0.39 is 12.0 Å². The first-order valence-corrected chi connectivity index (χ1v) is 8.15. The van der Waals surface area contributed by atoms with Crippen molar-refractivity contribution in [2.75, 3.05) is 20.3 Å². The van der Waals surface area contributed by atoms with Crippen molar-refractivity contribution in [3.05, 3.63) is 0 Å². The second-order valence-electron chi connectivity index (χ2n) is 6.31. The van der Waals surface area contributed by atoms with Crippen LogP contribution in [-0.4, -0.2) is 60.3 Å². The van der Waals surface area contributed by atoms with Crippen LogP contribution in [0.15, 0.2) is 0 Å². The highest BCUT2D eigenvalue weighted by atomic mass is 16.5. The molecule has 4 atom stereocenters. The molecule has 4 unspecified atom stereocenters. The molecular weight excluding hydrogens is 284 g/mol. The van der Waals surface area contributed by atoms with Crippen molar-refractivity contribution in [1.29, 1.82) is 0 Å². The summed E-state index contributed by atoms with van der Waals surface area (Å²) in [5.41, 5.74) is 0. The van der Waals surface area contributed by atoms with Gasteiger partial charge in [0.2, 0.25) is 5.91 Å². The van der Waals surface area contributed by atoms with Crippen LogP contribution in [0.1, 0.15) is 46.5 Å². The number of methoxy groups -OCH3 is 1. The Morgan fingerprint density at radius 3 is 2.64 bits per heavy atom. The molecule has 22 heavy (non-hydrogen) atoms. The van der Waals surface area contributed by atoms with Gasteiger partial charge in [-0.3, -0.25) is 14.5 Å². The SMILES string of the molecule is CCCCC(C(C)NC(C)=O)N1CC(COC)CC1C(=O)O. The van der Waals surface area contributed by atoms with Crippen LogP contribution in [-0.2, 0) is 14.3 Å². The molecule has 0 bridgehead atoms. The maximum atomic E-state index is 11.6. The number of carboxylic acid groups (broad SMARTS) is 1. The van der Waals surface area contributed by atoms with Crippen LogP contribution in [0.3, 0.4) is 0 Å². The summed E-state index contributed by atoms with van der Waals surface area (Å²) in [5, 5.41) is 12.5. The zero-order valence-electron chi connectivity index (χ0n) is 14.2. The Balaban J connectivity index is 2.88. The summed E-state index contributed by atoms with van der Waals surface area (Å²) < 4.78 is 5.20. The predicted molar refractivity (Wildman–Crippen MR) is 84.7 cm³/mol. The molecule has 2 N–H and O–H groups in total. The third-order valence-electron chi connectivity index (χ3n) is 4.40. The molecule has 1 aliphatic heterocycles. The molecule has 0 aromatic rings. The van der Waals surface area contributed by atoms with Crippen LogP contribution >= 0.6 is 0 Å². The van der Waals surface area contributed by atoms with Crippen LogP contribution < -0.4 is 5.32 Å². The lowest BCUT2D eigenvalue weighted by molar-refractivity contribution is -0.143. The van der Waals surface area contributed by atoms with Crippen molar-refractivity contribution in [3.8, 4) is 0 Å². The summed E-state index contributed by atoms with van der Waals surface area (Å²) in [6, 6.07) is -0.503. The fourth-order valence-electron chi connectivity index (χ4n) is 3.45. The van der Waals surface area contributed by atoms with Gasteiger partial charge in [-0.25, -0.2) is 0 Å². The summed E-state index contributed by atoms with van der Waals surface area (Å²) in [7, 11) is 1.65. The van der Waals surface area contributed by atoms with Crippen LogP contribution in [0, 0.1) is 5.92 Å². The number of rotatable bonds is 9. The second kappa shape index (κ2) is 9.10. The summed E-state index contributed by atoms with van der Waals surface area (Å²) in [6.07, 6.45) is 3.57. The van der Waals surface area contributed by atoms with Gasteiger partial charge < -0.3 is 15.2 Å². The van der Waals surface area contributed by atoms with E-state index in [2.05, 4.69) is 17.1 Å². The highest BCUT2D eigenvalue weighted by Crippen LogP contribution is 2.29. The first-order valence-electron chi connectivity index (χ1n) is 8.15. The summed E-state index contributed by atoms with van der Waals surface area (Å²) in [5.74, 6) is -0.622. The lowest BCUT2D eigenvalue weighted by Crippen LogP contribution is -2.53. The number of carbonyl (C=O) groups excluding carboxylic acids is 1. The van der Waals surface area contributed by atoms with Gasteiger partial charge in [0.1, 0.15) is 6.04 Å². The van der Waals surface area contributed by atoms with Crippen molar-refractivity contribution >= 4 is 11.9 Å². The maximum Gasteiger partial charge on any atom is 0.320 e. The molecular formula is C16H30N2O4. The molecule has 1 rings (SSSR count). The molecule has 0 aliphatic carbocycles. The fourth-order valence-corrected chi connectivity index (χ4v) is 3.45. The lowest BCUT2D eigenvalue weighted by Gasteiger charge is -2.35. The maximum absolute atomic E-state index is 11.6. The number of nitrogens with one attached hydrogen (secondary N) is 1. The Hall–Kier alpha value is -1.14. The first-order chi connectivity index (χ1) is 10.4. The minimum Gasteiger partial charge on any atom is -0.480 e. The Bertz CT molecular complexity index is 375. The van der Waals surface area contributed by atoms with Crippen molar-refractivity contribution in [1.82, 2.24) is 10.2 Å². The van der Waals surface area contributed by atoms with E-state index in [0.29, 0.717) is 19.6 Å². The van der Waals surface area contributed by atoms with Gasteiger partial charge in [-0.15, -0.1) is 0 Å². The van der Waals surface area contributed by atoms with Crippen LogP contribution in [0.4, 0.5) is 0 Å². The summed E-state index contributed by atoms with van der Waals surface area (Å²) in [6.45, 7) is 6.87. The molecule has 1 amide bonds. The van der Waals surface area contributed by atoms with Crippen molar-refractivity contribution in [2.24, 2.45) is 5.92 Å². The zero-order valence-corrected chi connectivity index (χ0v) is 14.2. The van der Waals surface area contributed by atoms with Crippen molar-refractivity contribution in [3.63, 3.8) is 0 Å². The normalized spacial score (nSPS) is 24.9. The van der Waals surface area contributed by atoms with Crippen molar-refractivity contribution in [2.45, 2.75) is 64.6 Å². The zero-order chi connectivity index (χ0) is 16.7. The highest BCUT2D eigenvalue weighted by Gasteiger charge is 2.41. The minimum atomic E-state index is -0.782. The molecule has 1 aliphatic rings. The average molecular weight is 314 g/mol. The number of unbranched alkanes of at least 4 members (excludes halogenated alkanes) is 1. The number of amides is 1. The van der Waals surface area contributed by atoms with Crippen LogP contribution in [0.25, 0.3) is 0 Å². The summed E-state index contributed by atoms with van der Waals surface area (Å²) >= 11 is 0. The van der Waals surface area contributed by atoms with Gasteiger partial charge >= 0.3 is 5.97 Å². The predicted octanol–water partition coefficient (Wildman–Crippen LogP) is 1.49. The van der Waals surface area contributed by atoms with Crippen molar-refractivity contribution < 1.29 is 19.4 Å². The van der Waals surface area contributed by atoms with Gasteiger partial charge in [0.15, 0.2) is 0 Å². The standard InChI is InChI=1S/C16H30N2O4/c1-5-6-7-14(11(2)17-12(3)19)18-9-13(10-22-4)8-15(18)16(20)21/h11,13-15H,5-10H2,1-4H3,(H,17,19)(H,20,21). The van der Waals surface area contributed by atoms with Gasteiger partial charge in [0.05, 0.1) is 6.61 Å². The third-order valence-corrected chi connectivity index (χ3v) is 4.40. The molecule has 0 aromatic carbocycles. The monoisotopic (exact) mass is 314 g/mol. The average Bonchev–Trinajstić information content (AvgIpc) is 2.83. The van der Waals surface area contributed by atoms with E-state index in [9.17, 15) is 14.7 Å². The Kier molecular flexibility index (Phi) is 7.82. The smallest absolute Gasteiger partial charge is 0.320 e. The van der Waals surface area contributed by atoms with E-state index in [1.165, 1.54) is 6.92 Å². The molecule has 1 heterocycles. The quantitative estimate of drug-likeness (QED) is 0.674. The topological polar surface area (TPSA) is 78.9 Å². The molecule has 128 valence electrons. The Morgan fingerprint density at radius 2 is 2.14 bits per heavy atom. The third kappa shape index (κ3) is 5.25. The van der Waals surface area contributed by atoms with E-state index in [1.54, 1.807) is 7.11 Å². The molecule has 1 fully saturated rings. The fraction of sp³-hybridized carbons (Fsp3) is 0.875. The van der Waals surface area contributed by atoms with Gasteiger partial charge in [-0.2, -0.15) is 0 Å². The van der Waals surface area contributed by atoms with Gasteiger partial charge in [-0.05, 0) is 25.7 Å². The molecule has 0 aromatic heterocycles. The molecule has 0 saturated carbocycles. The van der Waals surface area contributed by atoms with Gasteiger partial charge in [0, 0.05) is 32.7 Å². The van der Waals surface area contributed by atoms with Crippen LogP contribution in [0.2, 0.25) is 0 Å². The lowest BCUT2D eigenvalue weighted by atomic mass is 10.00. The van der Waals surface area contributed by atoms with E-state index in [-0.39, 0.29) is 23.9 Å². The molecule has 0 spiro atoms. The van der Waals surface area contributed by atoms with Crippen LogP contribution in [0.5, 0.6) is 0 Å². The number of carboxylic acids is 1. The molecule has 6 heteroatoms. The largest absolute Gasteiger partial charge is 0.480 e. The van der Waals surface area contributed by atoms with Gasteiger partial charge in [-0.1, -0.05) is 19.8 Å². The number of aliphatic carboxylic acids is 1. The number of nitrogens with zero attached hydrogens (tertiary/aromatic N) is 1. The molecule has 0 radical (unpaired) electrons. The Labute approximate surface area is 133 Å². The highest BCUT2D eigenvalue weighted by molar-refractivity contribution is 5.74. The van der Waals surface area contributed by atoms with E-state index >= 15 is 0 Å². The minimum absolute atomic E-state index is 0.0480. The second-order valence-corrected chi connectivity index (χ2v) is 6.31. The molecule has 6 nitrogen and oxygen atoms in total. The van der Waals surface area contributed by atoms with E-state index in [0.717, 1.165) is 19.3 Å². The summed E-state index contributed by atoms with van der Waals surface area (Å²) in [4.78, 5) is 25.0. The molecule has 1 saturated heterocycles. The van der Waals surface area contributed by atoms with E-state index in [4.69, 9.17) is 4.74 Å². The number of hydrogen-bond acceptors (Lipinski definition) is 4. The van der Waals surface area contributed by atoms with E-state index in [1.807, 2.05) is 6.92 Å². The number of hydrogen-bond donors (Lipinski definition) is 2. The van der Waals surface area contributed by atoms with Gasteiger partial charge in [0.25, 0.3) is 0 Å².